The van der Waals surface area contributed by atoms with Crippen LogP contribution < -0.4 is 5.32 Å². The molecule has 3 aliphatic rings. The fraction of sp³-hybridized carbons (Fsp3) is 0.615. The molecule has 2 aliphatic heterocycles. The molecule has 2 amide bonds. The minimum atomic E-state index is -0.107. The van der Waals surface area contributed by atoms with Gasteiger partial charge in [-0.3, -0.25) is 24.6 Å². The highest BCUT2D eigenvalue weighted by atomic mass is 16.2. The van der Waals surface area contributed by atoms with Crippen LogP contribution in [0.4, 0.5) is 0 Å². The van der Waals surface area contributed by atoms with Gasteiger partial charge in [0.2, 0.25) is 5.91 Å². The predicted octanol–water partition coefficient (Wildman–Crippen LogP) is 3.44. The predicted molar refractivity (Wildman–Crippen MR) is 129 cm³/mol. The Kier molecular flexibility index (Phi) is 7.23. The van der Waals surface area contributed by atoms with E-state index in [-0.39, 0.29) is 29.8 Å². The smallest absolute Gasteiger partial charge is 0.271 e. The van der Waals surface area contributed by atoms with Gasteiger partial charge in [-0.05, 0) is 81.8 Å². The molecule has 182 valence electrons. The zero-order valence-corrected chi connectivity index (χ0v) is 19.9. The fourth-order valence-electron chi connectivity index (χ4n) is 5.79. The molecule has 1 aliphatic carbocycles. The zero-order chi connectivity index (χ0) is 23.3. The molecule has 0 spiro atoms. The van der Waals surface area contributed by atoms with Crippen molar-refractivity contribution in [1.29, 1.82) is 0 Å². The van der Waals surface area contributed by atoms with E-state index in [1.165, 1.54) is 18.4 Å². The van der Waals surface area contributed by atoms with Gasteiger partial charge in [0, 0.05) is 37.4 Å². The first kappa shape index (κ1) is 23.0. The van der Waals surface area contributed by atoms with Gasteiger partial charge in [0.05, 0.1) is 11.7 Å². The van der Waals surface area contributed by atoms with Crippen molar-refractivity contribution in [2.45, 2.75) is 76.4 Å². The Morgan fingerprint density at radius 2 is 1.71 bits per heavy atom. The lowest BCUT2D eigenvalue weighted by molar-refractivity contribution is -0.141. The molecule has 0 radical (unpaired) electrons. The normalized spacial score (nSPS) is 22.7. The Labute approximate surface area is 201 Å². The van der Waals surface area contributed by atoms with E-state index < -0.39 is 0 Å². The van der Waals surface area contributed by atoms with Crippen LogP contribution in [-0.4, -0.2) is 62.5 Å². The number of carbonyl (C=O) groups is 2. The summed E-state index contributed by atoms with van der Waals surface area (Å²) in [4.78, 5) is 34.8. The van der Waals surface area contributed by atoms with Crippen LogP contribution in [0, 0.1) is 5.92 Å². The van der Waals surface area contributed by atoms with E-state index in [9.17, 15) is 9.59 Å². The van der Waals surface area contributed by atoms with E-state index in [0.717, 1.165) is 76.8 Å². The average Bonchev–Trinajstić information content (AvgIpc) is 3.57. The number of hydrogen-bond donors (Lipinski definition) is 2. The number of hydrogen-bond acceptors (Lipinski definition) is 5. The Bertz CT molecular complexity index is 963. The Morgan fingerprint density at radius 3 is 2.47 bits per heavy atom. The van der Waals surface area contributed by atoms with Gasteiger partial charge in [0.25, 0.3) is 5.91 Å². The molecule has 34 heavy (non-hydrogen) atoms. The summed E-state index contributed by atoms with van der Waals surface area (Å²) in [5, 5.41) is 10.5. The number of carbonyl (C=O) groups excluding carboxylic acids is 2. The lowest BCUT2D eigenvalue weighted by Gasteiger charge is -2.39. The summed E-state index contributed by atoms with van der Waals surface area (Å²) in [5.41, 5.74) is 2.59. The largest absolute Gasteiger partial charge is 0.348 e. The number of aromatic amines is 1. The number of pyridine rings is 1. The third-order valence-corrected chi connectivity index (χ3v) is 7.76. The second kappa shape index (κ2) is 10.7. The quantitative estimate of drug-likeness (QED) is 0.683. The van der Waals surface area contributed by atoms with Crippen LogP contribution in [0.15, 0.2) is 30.6 Å². The SMILES string of the molecule is O=C(NC1CCCC1)c1cc([C@@H]2CCCCN2C(=O)C2CCN(Cc3ccncc3)CC2)[nH]n1. The molecule has 2 saturated heterocycles. The van der Waals surface area contributed by atoms with Crippen LogP contribution in [0.25, 0.3) is 0 Å². The monoisotopic (exact) mass is 464 g/mol. The summed E-state index contributed by atoms with van der Waals surface area (Å²) in [6.07, 6.45) is 13.0. The molecule has 1 atom stereocenters. The van der Waals surface area contributed by atoms with Gasteiger partial charge in [0.1, 0.15) is 5.69 Å². The molecule has 0 bridgehead atoms. The molecule has 2 aromatic rings. The molecule has 2 aromatic heterocycles. The molecule has 1 saturated carbocycles. The van der Waals surface area contributed by atoms with Crippen molar-refractivity contribution in [3.05, 3.63) is 47.5 Å². The van der Waals surface area contributed by atoms with Crippen LogP contribution in [0.2, 0.25) is 0 Å². The Balaban J connectivity index is 1.19. The zero-order valence-electron chi connectivity index (χ0n) is 19.9. The summed E-state index contributed by atoms with van der Waals surface area (Å²) in [6.45, 7) is 3.57. The first-order valence-electron chi connectivity index (χ1n) is 13.0. The topological polar surface area (TPSA) is 94.2 Å². The highest BCUT2D eigenvalue weighted by molar-refractivity contribution is 5.92. The van der Waals surface area contributed by atoms with Crippen LogP contribution >= 0.6 is 0 Å². The summed E-state index contributed by atoms with van der Waals surface area (Å²) >= 11 is 0. The summed E-state index contributed by atoms with van der Waals surface area (Å²) in [5.74, 6) is 0.229. The molecule has 5 rings (SSSR count). The van der Waals surface area contributed by atoms with Gasteiger partial charge in [0.15, 0.2) is 0 Å². The van der Waals surface area contributed by atoms with Crippen molar-refractivity contribution < 1.29 is 9.59 Å². The van der Waals surface area contributed by atoms with Gasteiger partial charge in [-0.15, -0.1) is 0 Å². The second-order valence-corrected chi connectivity index (χ2v) is 10.1. The third kappa shape index (κ3) is 5.32. The lowest BCUT2D eigenvalue weighted by atomic mass is 9.91. The second-order valence-electron chi connectivity index (χ2n) is 10.1. The van der Waals surface area contributed by atoms with Gasteiger partial charge < -0.3 is 10.2 Å². The standard InChI is InChI=1S/C26H36N6O2/c33-25(28-21-5-1-2-6-21)23-17-22(29-30-23)24-7-3-4-14-32(24)26(34)20-10-15-31(16-11-20)18-19-8-12-27-13-9-19/h8-9,12-13,17,20-21,24H,1-7,10-11,14-16,18H2,(H,28,33)(H,29,30)/t24-/m0/s1. The van der Waals surface area contributed by atoms with Crippen molar-refractivity contribution in [1.82, 2.24) is 30.3 Å². The van der Waals surface area contributed by atoms with Crippen molar-refractivity contribution in [2.24, 2.45) is 5.92 Å². The molecule has 0 unspecified atom stereocenters. The summed E-state index contributed by atoms with van der Waals surface area (Å²) in [6, 6.07) is 6.23. The molecule has 2 N–H and O–H groups in total. The van der Waals surface area contributed by atoms with E-state index in [0.29, 0.717) is 5.69 Å². The number of nitrogens with one attached hydrogen (secondary N) is 2. The van der Waals surface area contributed by atoms with Crippen molar-refractivity contribution in [3.8, 4) is 0 Å². The van der Waals surface area contributed by atoms with Gasteiger partial charge in [-0.2, -0.15) is 5.10 Å². The Hall–Kier alpha value is -2.74. The van der Waals surface area contributed by atoms with E-state index in [1.54, 1.807) is 0 Å². The van der Waals surface area contributed by atoms with E-state index in [1.807, 2.05) is 18.5 Å². The van der Waals surface area contributed by atoms with Crippen molar-refractivity contribution >= 4 is 11.8 Å². The molecule has 8 heteroatoms. The summed E-state index contributed by atoms with van der Waals surface area (Å²) in [7, 11) is 0. The first-order valence-corrected chi connectivity index (χ1v) is 13.0. The van der Waals surface area contributed by atoms with Crippen LogP contribution in [0.3, 0.4) is 0 Å². The van der Waals surface area contributed by atoms with E-state index in [2.05, 4.69) is 42.4 Å². The van der Waals surface area contributed by atoms with Crippen LogP contribution in [-0.2, 0) is 11.3 Å². The number of likely N-dealkylation sites (tertiary alicyclic amines) is 2. The highest BCUT2D eigenvalue weighted by Gasteiger charge is 2.35. The molecule has 4 heterocycles. The number of aromatic nitrogens is 3. The molecular formula is C26H36N6O2. The molecule has 0 aromatic carbocycles. The molecule has 8 nitrogen and oxygen atoms in total. The minimum absolute atomic E-state index is 0.0170. The van der Waals surface area contributed by atoms with Crippen LogP contribution in [0.1, 0.15) is 85.6 Å². The summed E-state index contributed by atoms with van der Waals surface area (Å²) < 4.78 is 0. The maximum absolute atomic E-state index is 13.6. The Morgan fingerprint density at radius 1 is 0.971 bits per heavy atom. The minimum Gasteiger partial charge on any atom is -0.348 e. The van der Waals surface area contributed by atoms with E-state index in [4.69, 9.17) is 0 Å². The maximum Gasteiger partial charge on any atom is 0.271 e. The third-order valence-electron chi connectivity index (χ3n) is 7.76. The molecular weight excluding hydrogens is 428 g/mol. The maximum atomic E-state index is 13.6. The van der Waals surface area contributed by atoms with Gasteiger partial charge in [-0.25, -0.2) is 0 Å². The highest BCUT2D eigenvalue weighted by Crippen LogP contribution is 2.33. The number of nitrogens with zero attached hydrogens (tertiary/aromatic N) is 4. The number of rotatable bonds is 6. The first-order chi connectivity index (χ1) is 16.7. The van der Waals surface area contributed by atoms with Crippen molar-refractivity contribution in [2.75, 3.05) is 19.6 Å². The van der Waals surface area contributed by atoms with Gasteiger partial charge >= 0.3 is 0 Å². The lowest BCUT2D eigenvalue weighted by Crippen LogP contribution is -2.45. The number of H-pyrrole nitrogens is 1. The van der Waals surface area contributed by atoms with E-state index >= 15 is 0 Å². The fourth-order valence-corrected chi connectivity index (χ4v) is 5.79. The van der Waals surface area contributed by atoms with Gasteiger partial charge in [-0.1, -0.05) is 12.8 Å². The average molecular weight is 465 g/mol. The molecule has 3 fully saturated rings. The van der Waals surface area contributed by atoms with Crippen LogP contribution in [0.5, 0.6) is 0 Å². The number of amides is 2. The van der Waals surface area contributed by atoms with Crippen molar-refractivity contribution in [3.63, 3.8) is 0 Å². The number of piperidine rings is 2.